The minimum Gasteiger partial charge on any atom is -0.317 e. The zero-order valence-electron chi connectivity index (χ0n) is 14.0. The summed E-state index contributed by atoms with van der Waals surface area (Å²) in [7, 11) is 0. The maximum absolute atomic E-state index is 3.48. The standard InChI is InChI=1S/C17H35N3/c1-17(2,3)15-20-12-4-10-19(11-5-13-20)14-16-6-8-18-9-7-16/h16,18H,4-15H2,1-3H3. The van der Waals surface area contributed by atoms with Crippen molar-refractivity contribution in [1.29, 1.82) is 0 Å². The van der Waals surface area contributed by atoms with E-state index in [1.165, 1.54) is 78.0 Å². The van der Waals surface area contributed by atoms with Crippen molar-refractivity contribution in [3.63, 3.8) is 0 Å². The lowest BCUT2D eigenvalue weighted by Crippen LogP contribution is -2.42. The maximum Gasteiger partial charge on any atom is 0.00301 e. The first-order valence-electron chi connectivity index (χ1n) is 8.68. The molecule has 1 N–H and O–H groups in total. The third kappa shape index (κ3) is 6.11. The van der Waals surface area contributed by atoms with Gasteiger partial charge in [0.25, 0.3) is 0 Å². The molecule has 0 unspecified atom stereocenters. The predicted molar refractivity (Wildman–Crippen MR) is 87.2 cm³/mol. The van der Waals surface area contributed by atoms with Crippen LogP contribution in [0.1, 0.15) is 46.5 Å². The maximum atomic E-state index is 3.48. The van der Waals surface area contributed by atoms with Crippen LogP contribution in [-0.4, -0.2) is 62.2 Å². The Kier molecular flexibility index (Phi) is 6.31. The highest BCUT2D eigenvalue weighted by molar-refractivity contribution is 4.76. The van der Waals surface area contributed by atoms with Crippen molar-refractivity contribution in [3.05, 3.63) is 0 Å². The van der Waals surface area contributed by atoms with Gasteiger partial charge in [-0.2, -0.15) is 0 Å². The van der Waals surface area contributed by atoms with E-state index in [2.05, 4.69) is 35.9 Å². The smallest absolute Gasteiger partial charge is 0.00301 e. The Morgan fingerprint density at radius 3 is 2.00 bits per heavy atom. The third-order valence-electron chi connectivity index (χ3n) is 4.57. The Morgan fingerprint density at radius 1 is 0.900 bits per heavy atom. The number of hydrogen-bond donors (Lipinski definition) is 1. The fourth-order valence-corrected chi connectivity index (χ4v) is 3.70. The summed E-state index contributed by atoms with van der Waals surface area (Å²) in [6, 6.07) is 0. The Labute approximate surface area is 126 Å². The van der Waals surface area contributed by atoms with Gasteiger partial charge in [0.2, 0.25) is 0 Å². The fraction of sp³-hybridized carbons (Fsp3) is 1.00. The summed E-state index contributed by atoms with van der Waals surface area (Å²) < 4.78 is 0. The van der Waals surface area contributed by atoms with Crippen LogP contribution in [-0.2, 0) is 0 Å². The van der Waals surface area contributed by atoms with Gasteiger partial charge in [-0.25, -0.2) is 0 Å². The van der Waals surface area contributed by atoms with Crippen molar-refractivity contribution >= 4 is 0 Å². The first-order valence-corrected chi connectivity index (χ1v) is 8.68. The SMILES string of the molecule is CC(C)(C)CN1CCCN(CC2CCNCC2)CCC1. The van der Waals surface area contributed by atoms with Crippen molar-refractivity contribution in [3.8, 4) is 0 Å². The molecule has 2 aliphatic rings. The van der Waals surface area contributed by atoms with Gasteiger partial charge in [0, 0.05) is 13.1 Å². The van der Waals surface area contributed by atoms with Crippen LogP contribution in [0, 0.1) is 11.3 Å². The monoisotopic (exact) mass is 281 g/mol. The van der Waals surface area contributed by atoms with E-state index in [1.54, 1.807) is 0 Å². The highest BCUT2D eigenvalue weighted by atomic mass is 15.2. The van der Waals surface area contributed by atoms with E-state index in [9.17, 15) is 0 Å². The molecule has 0 radical (unpaired) electrons. The molecular formula is C17H35N3. The molecule has 20 heavy (non-hydrogen) atoms. The van der Waals surface area contributed by atoms with Crippen molar-refractivity contribution in [2.24, 2.45) is 11.3 Å². The van der Waals surface area contributed by atoms with Gasteiger partial charge in [0.15, 0.2) is 0 Å². The molecule has 0 aromatic rings. The highest BCUT2D eigenvalue weighted by Crippen LogP contribution is 2.18. The van der Waals surface area contributed by atoms with E-state index in [4.69, 9.17) is 0 Å². The molecule has 0 saturated carbocycles. The molecule has 0 bridgehead atoms. The zero-order valence-corrected chi connectivity index (χ0v) is 14.0. The summed E-state index contributed by atoms with van der Waals surface area (Å²) in [5, 5.41) is 3.48. The summed E-state index contributed by atoms with van der Waals surface area (Å²) in [4.78, 5) is 5.42. The van der Waals surface area contributed by atoms with E-state index in [0.29, 0.717) is 5.41 Å². The number of nitrogens with zero attached hydrogens (tertiary/aromatic N) is 2. The quantitative estimate of drug-likeness (QED) is 0.857. The largest absolute Gasteiger partial charge is 0.317 e. The van der Waals surface area contributed by atoms with Crippen molar-refractivity contribution in [2.45, 2.75) is 46.5 Å². The molecule has 0 aromatic heterocycles. The molecule has 118 valence electrons. The van der Waals surface area contributed by atoms with Crippen LogP contribution < -0.4 is 5.32 Å². The summed E-state index contributed by atoms with van der Waals surface area (Å²) in [6.07, 6.45) is 5.46. The molecule has 0 spiro atoms. The van der Waals surface area contributed by atoms with Crippen LogP contribution in [0.3, 0.4) is 0 Å². The summed E-state index contributed by atoms with van der Waals surface area (Å²) in [5.74, 6) is 0.946. The minimum absolute atomic E-state index is 0.438. The Morgan fingerprint density at radius 2 is 1.45 bits per heavy atom. The Bertz CT molecular complexity index is 256. The molecule has 0 aromatic carbocycles. The molecule has 2 aliphatic heterocycles. The van der Waals surface area contributed by atoms with Gasteiger partial charge in [-0.15, -0.1) is 0 Å². The molecule has 3 heteroatoms. The molecule has 0 aliphatic carbocycles. The van der Waals surface area contributed by atoms with Gasteiger partial charge in [0.05, 0.1) is 0 Å². The predicted octanol–water partition coefficient (Wildman–Crippen LogP) is 2.43. The zero-order chi connectivity index (χ0) is 14.4. The van der Waals surface area contributed by atoms with Crippen LogP contribution in [0.2, 0.25) is 0 Å². The topological polar surface area (TPSA) is 18.5 Å². The van der Waals surface area contributed by atoms with Gasteiger partial charge < -0.3 is 15.1 Å². The second-order valence-electron chi connectivity index (χ2n) is 8.04. The molecular weight excluding hydrogens is 246 g/mol. The normalized spacial score (nSPS) is 25.4. The van der Waals surface area contributed by atoms with Crippen molar-refractivity contribution in [2.75, 3.05) is 52.4 Å². The average Bonchev–Trinajstić information content (AvgIpc) is 2.35. The van der Waals surface area contributed by atoms with Crippen LogP contribution in [0.25, 0.3) is 0 Å². The highest BCUT2D eigenvalue weighted by Gasteiger charge is 2.21. The molecule has 0 atom stereocenters. The van der Waals surface area contributed by atoms with E-state index < -0.39 is 0 Å². The number of nitrogens with one attached hydrogen (secondary N) is 1. The number of rotatable bonds is 3. The summed E-state index contributed by atoms with van der Waals surface area (Å²) in [5.41, 5.74) is 0.438. The number of hydrogen-bond acceptors (Lipinski definition) is 3. The van der Waals surface area contributed by atoms with Crippen LogP contribution in [0.5, 0.6) is 0 Å². The van der Waals surface area contributed by atoms with Crippen LogP contribution in [0.4, 0.5) is 0 Å². The van der Waals surface area contributed by atoms with E-state index >= 15 is 0 Å². The minimum atomic E-state index is 0.438. The Hall–Kier alpha value is -0.120. The van der Waals surface area contributed by atoms with Gasteiger partial charge in [-0.3, -0.25) is 0 Å². The molecule has 2 fully saturated rings. The van der Waals surface area contributed by atoms with E-state index in [1.807, 2.05) is 0 Å². The van der Waals surface area contributed by atoms with Crippen LogP contribution in [0.15, 0.2) is 0 Å². The molecule has 0 amide bonds. The number of piperidine rings is 1. The Balaban J connectivity index is 1.70. The molecule has 2 saturated heterocycles. The van der Waals surface area contributed by atoms with Gasteiger partial charge in [-0.1, -0.05) is 20.8 Å². The van der Waals surface area contributed by atoms with Crippen molar-refractivity contribution < 1.29 is 0 Å². The van der Waals surface area contributed by atoms with E-state index in [-0.39, 0.29) is 0 Å². The first-order chi connectivity index (χ1) is 9.53. The second kappa shape index (κ2) is 7.77. The third-order valence-corrected chi connectivity index (χ3v) is 4.57. The van der Waals surface area contributed by atoms with Crippen LogP contribution >= 0.6 is 0 Å². The summed E-state index contributed by atoms with van der Waals surface area (Å²) >= 11 is 0. The van der Waals surface area contributed by atoms with Crippen molar-refractivity contribution in [1.82, 2.24) is 15.1 Å². The molecule has 2 heterocycles. The fourth-order valence-electron chi connectivity index (χ4n) is 3.70. The summed E-state index contributed by atoms with van der Waals surface area (Å²) in [6.45, 7) is 17.3. The molecule has 3 nitrogen and oxygen atoms in total. The lowest BCUT2D eigenvalue weighted by molar-refractivity contribution is 0.132. The van der Waals surface area contributed by atoms with Gasteiger partial charge in [-0.05, 0) is 76.3 Å². The molecule has 2 rings (SSSR count). The van der Waals surface area contributed by atoms with E-state index in [0.717, 1.165) is 5.92 Å². The lowest BCUT2D eigenvalue weighted by Gasteiger charge is -2.35. The first kappa shape index (κ1) is 16.3. The van der Waals surface area contributed by atoms with Gasteiger partial charge >= 0.3 is 0 Å². The average molecular weight is 281 g/mol. The lowest BCUT2D eigenvalue weighted by atomic mass is 9.95. The second-order valence-corrected chi connectivity index (χ2v) is 8.04. The van der Waals surface area contributed by atoms with Gasteiger partial charge in [0.1, 0.15) is 0 Å².